The van der Waals surface area contributed by atoms with Gasteiger partial charge in [-0.1, -0.05) is 0 Å². The Kier molecular flexibility index (Phi) is 4.41. The summed E-state index contributed by atoms with van der Waals surface area (Å²) in [4.78, 5) is 15.5. The molecule has 118 valence electrons. The van der Waals surface area contributed by atoms with Gasteiger partial charge in [0.2, 0.25) is 0 Å². The van der Waals surface area contributed by atoms with Gasteiger partial charge in [-0.25, -0.2) is 15.0 Å². The van der Waals surface area contributed by atoms with Crippen molar-refractivity contribution in [3.63, 3.8) is 0 Å². The Morgan fingerprint density at radius 2 is 1.86 bits per heavy atom. The number of hydrogen-bond donors (Lipinski definition) is 0. The number of anilines is 1. The Morgan fingerprint density at radius 3 is 2.55 bits per heavy atom. The van der Waals surface area contributed by atoms with E-state index in [1.54, 1.807) is 6.33 Å². The zero-order chi connectivity index (χ0) is 15.5. The van der Waals surface area contributed by atoms with Gasteiger partial charge in [-0.05, 0) is 46.0 Å². The van der Waals surface area contributed by atoms with Crippen LogP contribution in [-0.2, 0) is 6.54 Å². The van der Waals surface area contributed by atoms with Gasteiger partial charge in [-0.2, -0.15) is 0 Å². The van der Waals surface area contributed by atoms with Crippen LogP contribution in [0.2, 0.25) is 0 Å². The summed E-state index contributed by atoms with van der Waals surface area (Å²) in [5.41, 5.74) is 2.30. The van der Waals surface area contributed by atoms with E-state index in [0.29, 0.717) is 0 Å². The van der Waals surface area contributed by atoms with Crippen LogP contribution in [0.25, 0.3) is 0 Å². The van der Waals surface area contributed by atoms with Crippen LogP contribution in [0.3, 0.4) is 0 Å². The van der Waals surface area contributed by atoms with Gasteiger partial charge in [0.05, 0.1) is 0 Å². The summed E-state index contributed by atoms with van der Waals surface area (Å²) >= 11 is 0. The number of piperidine rings is 1. The third kappa shape index (κ3) is 3.13. The molecule has 1 fully saturated rings. The van der Waals surface area contributed by atoms with Gasteiger partial charge in [-0.15, -0.1) is 0 Å². The number of hydrogen-bond acceptors (Lipinski definition) is 4. The van der Waals surface area contributed by atoms with Crippen LogP contribution in [-0.4, -0.2) is 32.6 Å². The number of rotatable bonds is 4. The van der Waals surface area contributed by atoms with Crippen LogP contribution in [0, 0.1) is 26.7 Å². The molecule has 2 aromatic heterocycles. The first-order valence-electron chi connectivity index (χ1n) is 8.16. The van der Waals surface area contributed by atoms with E-state index in [0.717, 1.165) is 42.9 Å². The second kappa shape index (κ2) is 6.46. The van der Waals surface area contributed by atoms with Gasteiger partial charge < -0.3 is 9.47 Å². The normalized spacial score (nSPS) is 16.2. The smallest absolute Gasteiger partial charge is 0.135 e. The molecule has 0 unspecified atom stereocenters. The molecule has 1 aliphatic rings. The Morgan fingerprint density at radius 1 is 1.09 bits per heavy atom. The summed E-state index contributed by atoms with van der Waals surface area (Å²) < 4.78 is 2.25. The van der Waals surface area contributed by atoms with E-state index in [4.69, 9.17) is 0 Å². The van der Waals surface area contributed by atoms with E-state index in [-0.39, 0.29) is 0 Å². The fourth-order valence-corrected chi connectivity index (χ4v) is 3.24. The molecule has 0 saturated carbocycles. The zero-order valence-electron chi connectivity index (χ0n) is 13.8. The molecule has 0 atom stereocenters. The average Bonchev–Trinajstić information content (AvgIpc) is 2.94. The van der Waals surface area contributed by atoms with Crippen LogP contribution >= 0.6 is 0 Å². The fraction of sp³-hybridized carbons (Fsp3) is 0.588. The summed E-state index contributed by atoms with van der Waals surface area (Å²) in [5, 5.41) is 0. The Labute approximate surface area is 132 Å². The second-order valence-electron chi connectivity index (χ2n) is 6.29. The molecule has 5 nitrogen and oxygen atoms in total. The lowest BCUT2D eigenvalue weighted by Gasteiger charge is -2.33. The highest BCUT2D eigenvalue weighted by Crippen LogP contribution is 2.26. The Hall–Kier alpha value is -1.91. The summed E-state index contributed by atoms with van der Waals surface area (Å²) in [6.45, 7) is 9.54. The van der Waals surface area contributed by atoms with Gasteiger partial charge in [0.1, 0.15) is 18.0 Å². The molecule has 1 saturated heterocycles. The lowest BCUT2D eigenvalue weighted by molar-refractivity contribution is 0.359. The molecular formula is C17H25N5. The maximum Gasteiger partial charge on any atom is 0.135 e. The summed E-state index contributed by atoms with van der Waals surface area (Å²) in [6, 6.07) is 0. The molecule has 0 N–H and O–H groups in total. The van der Waals surface area contributed by atoms with Gasteiger partial charge in [0, 0.05) is 43.3 Å². The molecule has 3 rings (SSSR count). The van der Waals surface area contributed by atoms with E-state index < -0.39 is 0 Å². The quantitative estimate of drug-likeness (QED) is 0.871. The zero-order valence-corrected chi connectivity index (χ0v) is 13.8. The second-order valence-corrected chi connectivity index (χ2v) is 6.29. The molecule has 22 heavy (non-hydrogen) atoms. The molecule has 0 amide bonds. The van der Waals surface area contributed by atoms with E-state index in [9.17, 15) is 0 Å². The van der Waals surface area contributed by atoms with Gasteiger partial charge in [-0.3, -0.25) is 0 Å². The molecule has 2 aromatic rings. The first-order chi connectivity index (χ1) is 10.6. The predicted octanol–water partition coefficient (Wildman–Crippen LogP) is 2.91. The Balaban J connectivity index is 1.54. The largest absolute Gasteiger partial charge is 0.356 e. The van der Waals surface area contributed by atoms with Crippen LogP contribution in [0.5, 0.6) is 0 Å². The number of nitrogens with zero attached hydrogens (tertiary/aromatic N) is 5. The van der Waals surface area contributed by atoms with Crippen LogP contribution in [0.15, 0.2) is 18.7 Å². The molecular weight excluding hydrogens is 274 g/mol. The van der Waals surface area contributed by atoms with Gasteiger partial charge in [0.15, 0.2) is 0 Å². The highest BCUT2D eigenvalue weighted by molar-refractivity contribution is 5.47. The van der Waals surface area contributed by atoms with Crippen molar-refractivity contribution in [2.45, 2.75) is 46.6 Å². The number of aryl methyl sites for hydroxylation is 3. The Bertz CT molecular complexity index is 626. The first-order valence-corrected chi connectivity index (χ1v) is 8.16. The summed E-state index contributed by atoms with van der Waals surface area (Å²) in [6.07, 6.45) is 9.39. The van der Waals surface area contributed by atoms with Crippen LogP contribution in [0.4, 0.5) is 5.82 Å². The molecule has 0 spiro atoms. The average molecular weight is 299 g/mol. The van der Waals surface area contributed by atoms with Gasteiger partial charge >= 0.3 is 0 Å². The van der Waals surface area contributed by atoms with Crippen molar-refractivity contribution in [2.24, 2.45) is 5.92 Å². The van der Waals surface area contributed by atoms with Crippen LogP contribution < -0.4 is 4.90 Å². The van der Waals surface area contributed by atoms with Crippen molar-refractivity contribution in [1.29, 1.82) is 0 Å². The lowest BCUT2D eigenvalue weighted by Crippen LogP contribution is -2.35. The van der Waals surface area contributed by atoms with E-state index >= 15 is 0 Å². The van der Waals surface area contributed by atoms with E-state index in [1.165, 1.54) is 24.8 Å². The third-order valence-electron chi connectivity index (χ3n) is 4.93. The molecule has 0 aromatic carbocycles. The molecule has 1 aliphatic heterocycles. The summed E-state index contributed by atoms with van der Waals surface area (Å²) in [7, 11) is 0. The first kappa shape index (κ1) is 15.0. The van der Waals surface area contributed by atoms with Crippen molar-refractivity contribution in [2.75, 3.05) is 18.0 Å². The van der Waals surface area contributed by atoms with Crippen molar-refractivity contribution in [3.8, 4) is 0 Å². The topological polar surface area (TPSA) is 46.8 Å². The van der Waals surface area contributed by atoms with Crippen LogP contribution in [0.1, 0.15) is 36.3 Å². The van der Waals surface area contributed by atoms with Crippen molar-refractivity contribution in [1.82, 2.24) is 19.5 Å². The lowest BCUT2D eigenvalue weighted by atomic mass is 9.93. The van der Waals surface area contributed by atoms with Crippen molar-refractivity contribution >= 4 is 5.82 Å². The van der Waals surface area contributed by atoms with Crippen molar-refractivity contribution in [3.05, 3.63) is 35.8 Å². The van der Waals surface area contributed by atoms with E-state index in [2.05, 4.69) is 51.4 Å². The van der Waals surface area contributed by atoms with Crippen molar-refractivity contribution < 1.29 is 0 Å². The standard InChI is InChI=1S/C17H25N5/c1-13-14(2)19-12-20-17(13)22-9-5-16(6-10-22)4-8-21-11-7-18-15(21)3/h7,11-12,16H,4-6,8-10H2,1-3H3. The highest BCUT2D eigenvalue weighted by Gasteiger charge is 2.21. The number of imidazole rings is 1. The SMILES string of the molecule is Cc1ncnc(N2CCC(CCn3ccnc3C)CC2)c1C. The monoisotopic (exact) mass is 299 g/mol. The molecule has 0 radical (unpaired) electrons. The van der Waals surface area contributed by atoms with E-state index in [1.807, 2.05) is 6.20 Å². The fourth-order valence-electron chi connectivity index (χ4n) is 3.24. The minimum absolute atomic E-state index is 0.807. The molecule has 3 heterocycles. The minimum Gasteiger partial charge on any atom is -0.356 e. The molecule has 5 heteroatoms. The third-order valence-corrected chi connectivity index (χ3v) is 4.93. The minimum atomic E-state index is 0.807. The maximum absolute atomic E-state index is 4.49. The summed E-state index contributed by atoms with van der Waals surface area (Å²) in [5.74, 6) is 3.04. The number of aromatic nitrogens is 4. The molecule has 0 bridgehead atoms. The molecule has 0 aliphatic carbocycles. The maximum atomic E-state index is 4.49. The van der Waals surface area contributed by atoms with Gasteiger partial charge in [0.25, 0.3) is 0 Å². The highest BCUT2D eigenvalue weighted by atomic mass is 15.2. The predicted molar refractivity (Wildman–Crippen MR) is 88.0 cm³/mol.